The first-order chi connectivity index (χ1) is 9.10. The molecule has 0 saturated carbocycles. The second-order valence-corrected chi connectivity index (χ2v) is 4.14. The summed E-state index contributed by atoms with van der Waals surface area (Å²) in [4.78, 5) is 8.08. The molecule has 0 saturated heterocycles. The zero-order valence-electron chi connectivity index (χ0n) is 10.2. The smallest absolute Gasteiger partial charge is 0.156 e. The second kappa shape index (κ2) is 6.04. The average Bonchev–Trinajstić information content (AvgIpc) is 2.38. The minimum Gasteiger partial charge on any atom is -0.374 e. The fourth-order valence-corrected chi connectivity index (χ4v) is 1.76. The van der Waals surface area contributed by atoms with Gasteiger partial charge in [0.15, 0.2) is 5.82 Å². The lowest BCUT2D eigenvalue weighted by atomic mass is 10.1. The lowest BCUT2D eigenvalue weighted by molar-refractivity contribution is 0.128. The van der Waals surface area contributed by atoms with Crippen molar-refractivity contribution in [2.75, 3.05) is 6.61 Å². The predicted molar refractivity (Wildman–Crippen MR) is 67.7 cm³/mol. The number of ether oxygens (including phenoxy) is 1. The summed E-state index contributed by atoms with van der Waals surface area (Å²) < 4.78 is 32.0. The van der Waals surface area contributed by atoms with Crippen LogP contribution in [0.5, 0.6) is 0 Å². The minimum absolute atomic E-state index is 0.0436. The Morgan fingerprint density at radius 3 is 2.74 bits per heavy atom. The maximum Gasteiger partial charge on any atom is 0.156 e. The summed E-state index contributed by atoms with van der Waals surface area (Å²) >= 11 is 5.85. The van der Waals surface area contributed by atoms with Crippen molar-refractivity contribution in [2.24, 2.45) is 0 Å². The highest BCUT2D eigenvalue weighted by atomic mass is 35.5. The number of hydrogen-bond acceptors (Lipinski definition) is 3. The van der Waals surface area contributed by atoms with Gasteiger partial charge in [-0.05, 0) is 25.1 Å². The molecular weight excluding hydrogens is 274 g/mol. The summed E-state index contributed by atoms with van der Waals surface area (Å²) in [7, 11) is 0. The van der Waals surface area contributed by atoms with Crippen molar-refractivity contribution in [1.82, 2.24) is 9.97 Å². The van der Waals surface area contributed by atoms with Crippen molar-refractivity contribution < 1.29 is 13.5 Å². The lowest BCUT2D eigenvalue weighted by Gasteiger charge is -2.06. The monoisotopic (exact) mass is 284 g/mol. The van der Waals surface area contributed by atoms with Crippen molar-refractivity contribution in [3.8, 4) is 11.3 Å². The first-order valence-corrected chi connectivity index (χ1v) is 6.04. The van der Waals surface area contributed by atoms with Gasteiger partial charge in [-0.25, -0.2) is 18.7 Å². The van der Waals surface area contributed by atoms with Crippen LogP contribution in [0.15, 0.2) is 24.3 Å². The molecule has 0 amide bonds. The molecule has 0 aliphatic carbocycles. The van der Waals surface area contributed by atoms with Crippen molar-refractivity contribution in [1.29, 1.82) is 0 Å². The van der Waals surface area contributed by atoms with E-state index in [0.717, 1.165) is 18.2 Å². The molecular formula is C13H11ClF2N2O. The Labute approximate surface area is 114 Å². The molecule has 19 heavy (non-hydrogen) atoms. The SMILES string of the molecule is CCOCc1nc(Cl)cc(-c2cc(F)ccc2F)n1. The number of nitrogens with zero attached hydrogens (tertiary/aromatic N) is 2. The molecule has 0 aliphatic rings. The summed E-state index contributed by atoms with van der Waals surface area (Å²) in [5.74, 6) is -0.788. The third kappa shape index (κ3) is 3.45. The first-order valence-electron chi connectivity index (χ1n) is 5.66. The molecule has 0 aliphatic heterocycles. The van der Waals surface area contributed by atoms with Gasteiger partial charge >= 0.3 is 0 Å². The van der Waals surface area contributed by atoms with Crippen LogP contribution in [0.1, 0.15) is 12.7 Å². The van der Waals surface area contributed by atoms with Gasteiger partial charge in [0.2, 0.25) is 0 Å². The van der Waals surface area contributed by atoms with E-state index in [1.54, 1.807) is 0 Å². The zero-order chi connectivity index (χ0) is 13.8. The molecule has 1 aromatic heterocycles. The summed E-state index contributed by atoms with van der Waals surface area (Å²) in [6, 6.07) is 4.54. The van der Waals surface area contributed by atoms with Gasteiger partial charge in [-0.15, -0.1) is 0 Å². The van der Waals surface area contributed by atoms with Crippen molar-refractivity contribution in [3.05, 3.63) is 46.9 Å². The van der Waals surface area contributed by atoms with Crippen molar-refractivity contribution in [2.45, 2.75) is 13.5 Å². The molecule has 1 aromatic carbocycles. The third-order valence-corrected chi connectivity index (χ3v) is 2.57. The van der Waals surface area contributed by atoms with Crippen LogP contribution in [0.4, 0.5) is 8.78 Å². The first kappa shape index (κ1) is 13.8. The summed E-state index contributed by atoms with van der Waals surface area (Å²) in [6.45, 7) is 2.50. The molecule has 2 rings (SSSR count). The quantitative estimate of drug-likeness (QED) is 0.805. The van der Waals surface area contributed by atoms with Gasteiger partial charge in [-0.2, -0.15) is 0 Å². The van der Waals surface area contributed by atoms with Crippen LogP contribution in [-0.2, 0) is 11.3 Å². The van der Waals surface area contributed by atoms with E-state index in [9.17, 15) is 8.78 Å². The molecule has 0 unspecified atom stereocenters. The van der Waals surface area contributed by atoms with Crippen molar-refractivity contribution >= 4 is 11.6 Å². The van der Waals surface area contributed by atoms with E-state index in [-0.39, 0.29) is 23.0 Å². The predicted octanol–water partition coefficient (Wildman–Crippen LogP) is 3.61. The lowest BCUT2D eigenvalue weighted by Crippen LogP contribution is -2.01. The molecule has 6 heteroatoms. The standard InChI is InChI=1S/C13H11ClF2N2O/c1-2-19-7-13-17-11(6-12(14)18-13)9-5-8(15)3-4-10(9)16/h3-6H,2,7H2,1H3. The van der Waals surface area contributed by atoms with E-state index in [2.05, 4.69) is 9.97 Å². The second-order valence-electron chi connectivity index (χ2n) is 3.75. The van der Waals surface area contributed by atoms with Crippen LogP contribution in [0.2, 0.25) is 5.15 Å². The van der Waals surface area contributed by atoms with E-state index < -0.39 is 11.6 Å². The summed E-state index contributed by atoms with van der Waals surface area (Å²) in [6.07, 6.45) is 0. The molecule has 0 spiro atoms. The number of rotatable bonds is 4. The molecule has 0 N–H and O–H groups in total. The minimum atomic E-state index is -0.571. The van der Waals surface area contributed by atoms with Crippen LogP contribution in [0.25, 0.3) is 11.3 Å². The van der Waals surface area contributed by atoms with Gasteiger partial charge in [0.05, 0.1) is 5.69 Å². The molecule has 2 aromatic rings. The Morgan fingerprint density at radius 1 is 1.21 bits per heavy atom. The Morgan fingerprint density at radius 2 is 2.00 bits per heavy atom. The topological polar surface area (TPSA) is 35.0 Å². The Kier molecular flexibility index (Phi) is 4.39. The highest BCUT2D eigenvalue weighted by Gasteiger charge is 2.11. The highest BCUT2D eigenvalue weighted by Crippen LogP contribution is 2.24. The van der Waals surface area contributed by atoms with Crippen LogP contribution >= 0.6 is 11.6 Å². The van der Waals surface area contributed by atoms with E-state index in [1.807, 2.05) is 6.92 Å². The van der Waals surface area contributed by atoms with Gasteiger partial charge in [0.1, 0.15) is 23.4 Å². The van der Waals surface area contributed by atoms with Crippen LogP contribution in [0, 0.1) is 11.6 Å². The van der Waals surface area contributed by atoms with Crippen LogP contribution < -0.4 is 0 Å². The summed E-state index contributed by atoms with van der Waals surface area (Å²) in [5.41, 5.74) is 0.272. The van der Waals surface area contributed by atoms with E-state index in [1.165, 1.54) is 6.07 Å². The van der Waals surface area contributed by atoms with Gasteiger partial charge in [-0.3, -0.25) is 0 Å². The zero-order valence-corrected chi connectivity index (χ0v) is 10.9. The average molecular weight is 285 g/mol. The molecule has 1 heterocycles. The largest absolute Gasteiger partial charge is 0.374 e. The maximum absolute atomic E-state index is 13.7. The molecule has 3 nitrogen and oxygen atoms in total. The number of halogens is 3. The van der Waals surface area contributed by atoms with Gasteiger partial charge in [-0.1, -0.05) is 11.6 Å². The van der Waals surface area contributed by atoms with Gasteiger partial charge < -0.3 is 4.74 Å². The van der Waals surface area contributed by atoms with E-state index in [4.69, 9.17) is 16.3 Å². The fourth-order valence-electron chi connectivity index (χ4n) is 1.55. The number of hydrogen-bond donors (Lipinski definition) is 0. The van der Waals surface area contributed by atoms with Gasteiger partial charge in [0.25, 0.3) is 0 Å². The van der Waals surface area contributed by atoms with Crippen LogP contribution in [-0.4, -0.2) is 16.6 Å². The molecule has 0 atom stereocenters. The molecule has 0 fully saturated rings. The van der Waals surface area contributed by atoms with E-state index >= 15 is 0 Å². The number of benzene rings is 1. The normalized spacial score (nSPS) is 10.7. The van der Waals surface area contributed by atoms with E-state index in [0.29, 0.717) is 12.4 Å². The summed E-state index contributed by atoms with van der Waals surface area (Å²) in [5, 5.41) is 0.156. The Hall–Kier alpha value is -1.59. The Bertz CT molecular complexity index is 593. The molecule has 0 bridgehead atoms. The maximum atomic E-state index is 13.7. The van der Waals surface area contributed by atoms with Crippen molar-refractivity contribution in [3.63, 3.8) is 0 Å². The highest BCUT2D eigenvalue weighted by molar-refractivity contribution is 6.29. The Balaban J connectivity index is 2.43. The van der Waals surface area contributed by atoms with Gasteiger partial charge in [0, 0.05) is 18.2 Å². The van der Waals surface area contributed by atoms with Crippen LogP contribution in [0.3, 0.4) is 0 Å². The molecule has 100 valence electrons. The molecule has 0 radical (unpaired) electrons. The number of aromatic nitrogens is 2. The fraction of sp³-hybridized carbons (Fsp3) is 0.231. The third-order valence-electron chi connectivity index (χ3n) is 2.38.